The normalized spacial score (nSPS) is 21.9. The number of halogens is 6. The number of amides is 1. The summed E-state index contributed by atoms with van der Waals surface area (Å²) in [6, 6.07) is 11.6. The molecule has 2 aliphatic carbocycles. The predicted molar refractivity (Wildman–Crippen MR) is 363 cm³/mol. The molecule has 77 heavy (non-hydrogen) atoms. The number of nitrogens with one attached hydrogen (secondary N) is 2. The number of allylic oxidation sites excluding steroid dienone is 10. The molecule has 418 valence electrons. The summed E-state index contributed by atoms with van der Waals surface area (Å²) in [5.74, 6) is -0.0572. The van der Waals surface area contributed by atoms with Crippen LogP contribution in [-0.4, -0.2) is 85.3 Å². The molecule has 3 aromatic rings. The van der Waals surface area contributed by atoms with E-state index in [1.165, 1.54) is 52.6 Å². The van der Waals surface area contributed by atoms with Crippen LogP contribution < -0.4 is 15.5 Å². The highest BCUT2D eigenvalue weighted by molar-refractivity contribution is 14.1. The smallest absolute Gasteiger partial charge is 0.264 e. The van der Waals surface area contributed by atoms with Gasteiger partial charge in [0.2, 0.25) is 5.91 Å². The van der Waals surface area contributed by atoms with Gasteiger partial charge in [-0.1, -0.05) is 62.8 Å². The highest BCUT2D eigenvalue weighted by Gasteiger charge is 2.52. The number of anilines is 3. The molecule has 1 spiro atoms. The number of nitrogens with zero attached hydrogens (tertiary/aromatic N) is 2. The van der Waals surface area contributed by atoms with E-state index in [2.05, 4.69) is 220 Å². The van der Waals surface area contributed by atoms with E-state index >= 15 is 0 Å². The van der Waals surface area contributed by atoms with Gasteiger partial charge in [0.05, 0.1) is 23.6 Å². The summed E-state index contributed by atoms with van der Waals surface area (Å²) >= 11 is 14.7. The second kappa shape index (κ2) is 26.9. The topological polar surface area (TPSA) is 173 Å². The molecule has 12 nitrogen and oxygen atoms in total. The van der Waals surface area contributed by atoms with Crippen molar-refractivity contribution in [1.29, 1.82) is 0 Å². The Hall–Kier alpha value is -0.740. The zero-order valence-corrected chi connectivity index (χ0v) is 58.7. The maximum Gasteiger partial charge on any atom is 0.264 e. The largest absolute Gasteiger partial charge is 0.375 e. The van der Waals surface area contributed by atoms with Gasteiger partial charge in [-0.15, -0.1) is 0 Å². The van der Waals surface area contributed by atoms with E-state index in [0.717, 1.165) is 65.7 Å². The number of hydrogen-bond acceptors (Lipinski definition) is 9. The van der Waals surface area contributed by atoms with Crippen LogP contribution in [0.5, 0.6) is 0 Å². The average Bonchev–Trinajstić information content (AvgIpc) is 4.10. The van der Waals surface area contributed by atoms with Crippen LogP contribution in [0.25, 0.3) is 0 Å². The van der Waals surface area contributed by atoms with Gasteiger partial charge in [0.25, 0.3) is 20.2 Å². The summed E-state index contributed by atoms with van der Waals surface area (Å²) < 4.78 is 73.9. The SMILES string of the molecule is CC(=O)Nc1ccc(NC(C)C(=O)C2CCCN2C(C)C2CCC3(CC2)/C(=C/C=C/C=C/C=C/C2=C(CCCCS(=O)(=O)O)C(C)c4cc(I)c(I)c(I)c4C2(C)C)N(CCCS(=O)(=O)O)c2cc(I)c(I)c(I)c23)cc1. The zero-order chi connectivity index (χ0) is 56.4. The highest BCUT2D eigenvalue weighted by atomic mass is 127. The molecule has 7 rings (SSSR count). The number of carbonyl (C=O) groups is 2. The van der Waals surface area contributed by atoms with Crippen molar-refractivity contribution < 1.29 is 35.5 Å². The maximum atomic E-state index is 14.2. The van der Waals surface area contributed by atoms with Crippen molar-refractivity contribution in [3.63, 3.8) is 0 Å². The van der Waals surface area contributed by atoms with E-state index in [-0.39, 0.29) is 58.4 Å². The van der Waals surface area contributed by atoms with Gasteiger partial charge < -0.3 is 15.5 Å². The van der Waals surface area contributed by atoms with Crippen molar-refractivity contribution in [2.45, 2.75) is 141 Å². The molecule has 1 saturated heterocycles. The summed E-state index contributed by atoms with van der Waals surface area (Å²) in [4.78, 5) is 30.5. The summed E-state index contributed by atoms with van der Waals surface area (Å²) in [7, 11) is -8.22. The van der Waals surface area contributed by atoms with Crippen LogP contribution in [-0.2, 0) is 40.7 Å². The monoisotopic (exact) mass is 1760 g/mol. The van der Waals surface area contributed by atoms with Crippen molar-refractivity contribution >= 4 is 185 Å². The number of carbonyl (C=O) groups excluding carboxylic acids is 2. The zero-order valence-electron chi connectivity index (χ0n) is 44.1. The van der Waals surface area contributed by atoms with Gasteiger partial charge in [0.1, 0.15) is 0 Å². The predicted octanol–water partition coefficient (Wildman–Crippen LogP) is 14.7. The Bertz CT molecular complexity index is 3130. The molecular weight excluding hydrogens is 1690 g/mol. The van der Waals surface area contributed by atoms with Crippen molar-refractivity contribution in [2.75, 3.05) is 40.1 Å². The van der Waals surface area contributed by atoms with Crippen molar-refractivity contribution in [3.8, 4) is 0 Å². The van der Waals surface area contributed by atoms with Crippen molar-refractivity contribution in [1.82, 2.24) is 4.90 Å². The number of Topliss-reactive ketones (excluding diaryl/α,β-unsaturated/α-hetero) is 1. The Morgan fingerprint density at radius 1 is 0.779 bits per heavy atom. The van der Waals surface area contributed by atoms with E-state index in [0.29, 0.717) is 37.4 Å². The second-order valence-electron chi connectivity index (χ2n) is 21.4. The lowest BCUT2D eigenvalue weighted by molar-refractivity contribution is -0.125. The Balaban J connectivity index is 1.15. The molecule has 1 saturated carbocycles. The first-order chi connectivity index (χ1) is 36.2. The van der Waals surface area contributed by atoms with Gasteiger partial charge in [0.15, 0.2) is 5.78 Å². The number of hydrogen-bond donors (Lipinski definition) is 4. The Labute approximate surface area is 538 Å². The van der Waals surface area contributed by atoms with Crippen molar-refractivity contribution in [3.05, 3.63) is 134 Å². The Kier molecular flexibility index (Phi) is 22.3. The van der Waals surface area contributed by atoms with E-state index < -0.39 is 26.3 Å². The number of rotatable bonds is 20. The maximum absolute atomic E-state index is 14.2. The molecule has 1 amide bonds. The number of ketones is 1. The Morgan fingerprint density at radius 3 is 2.00 bits per heavy atom. The second-order valence-corrected chi connectivity index (χ2v) is 31.2. The number of benzene rings is 3. The first-order valence-corrected chi connectivity index (χ1v) is 35.8. The standard InChI is InChI=1S/C57H68I6N4O8S2/c1-34-41(16-12-13-30-76(70,71)72)43(56(5,6)49-42(34)32-44(58)51(60)53(49)62)17-10-8-7-9-11-19-48-57(50-47(33-45(59)52(61)54(50)63)67(48)29-15-31-77(73,74)75)26-24-38(25-27-57)36(3)66-28-14-18-46(66)55(69)35(2)64-39-20-22-40(23-21-39)65-37(4)68/h7-11,17,19-23,32-36,38,46,64H,12-16,18,24-31H2,1-6H3,(H,65,68)(H,70,71,72)(H,73,74,75)/b8-7+,11-9+,17-10+,48-19-. The van der Waals surface area contributed by atoms with E-state index in [1.54, 1.807) is 0 Å². The third kappa shape index (κ3) is 15.0. The summed E-state index contributed by atoms with van der Waals surface area (Å²) in [6.07, 6.45) is 22.1. The van der Waals surface area contributed by atoms with Crippen LogP contribution in [0.15, 0.2) is 95.8 Å². The molecule has 4 unspecified atom stereocenters. The molecule has 0 aromatic heterocycles. The molecule has 3 aromatic carbocycles. The molecule has 2 heterocycles. The Morgan fingerprint density at radius 2 is 1.36 bits per heavy atom. The molecular formula is C57H68I6N4O8S2. The molecule has 2 aliphatic heterocycles. The summed E-state index contributed by atoms with van der Waals surface area (Å²) in [5, 5.41) is 6.20. The molecule has 0 radical (unpaired) electrons. The number of likely N-dealkylation sites (tertiary alicyclic amines) is 1. The lowest BCUT2D eigenvalue weighted by atomic mass is 9.64. The molecule has 20 heteroatoms. The van der Waals surface area contributed by atoms with E-state index in [1.807, 2.05) is 49.4 Å². The van der Waals surface area contributed by atoms with Gasteiger partial charge >= 0.3 is 0 Å². The average molecular weight is 1760 g/mol. The van der Waals surface area contributed by atoms with Crippen LogP contribution in [0.3, 0.4) is 0 Å². The van der Waals surface area contributed by atoms with Gasteiger partial charge in [-0.25, -0.2) is 0 Å². The minimum Gasteiger partial charge on any atom is -0.375 e. The first kappa shape index (κ1) is 63.8. The van der Waals surface area contributed by atoms with Gasteiger partial charge in [0, 0.05) is 86.0 Å². The van der Waals surface area contributed by atoms with Crippen LogP contribution in [0, 0.1) is 27.3 Å². The molecule has 4 aliphatic rings. The van der Waals surface area contributed by atoms with Crippen LogP contribution in [0.2, 0.25) is 0 Å². The lowest BCUT2D eigenvalue weighted by Crippen LogP contribution is -2.50. The van der Waals surface area contributed by atoms with Gasteiger partial charge in [-0.05, 0) is 285 Å². The third-order valence-corrected chi connectivity index (χ3v) is 27.9. The summed E-state index contributed by atoms with van der Waals surface area (Å²) in [6.45, 7) is 13.8. The van der Waals surface area contributed by atoms with Crippen molar-refractivity contribution in [2.24, 2.45) is 5.92 Å². The fourth-order valence-electron chi connectivity index (χ4n) is 12.4. The fourth-order valence-corrected chi connectivity index (χ4v) is 18.9. The quantitative estimate of drug-likeness (QED) is 0.0279. The number of fused-ring (bicyclic) bond motifs is 3. The fraction of sp³-hybridized carbons (Fsp3) is 0.474. The highest BCUT2D eigenvalue weighted by Crippen LogP contribution is 2.59. The molecule has 4 N–H and O–H groups in total. The first-order valence-electron chi connectivity index (χ1n) is 26.1. The van der Waals surface area contributed by atoms with Crippen LogP contribution in [0.1, 0.15) is 128 Å². The minimum atomic E-state index is -4.17. The van der Waals surface area contributed by atoms with E-state index in [4.69, 9.17) is 0 Å². The van der Waals surface area contributed by atoms with Crippen LogP contribution >= 0.6 is 136 Å². The van der Waals surface area contributed by atoms with E-state index in [9.17, 15) is 35.5 Å². The molecule has 4 atom stereocenters. The van der Waals surface area contributed by atoms with Gasteiger partial charge in [-0.3, -0.25) is 23.6 Å². The molecule has 2 fully saturated rings. The third-order valence-electron chi connectivity index (χ3n) is 16.1. The number of unbranched alkanes of at least 4 members (excludes halogenated alkanes) is 1. The minimum absolute atomic E-state index is 0.126. The van der Waals surface area contributed by atoms with Crippen LogP contribution in [0.4, 0.5) is 17.1 Å². The van der Waals surface area contributed by atoms with Gasteiger partial charge in [-0.2, -0.15) is 16.8 Å². The summed E-state index contributed by atoms with van der Waals surface area (Å²) in [5.41, 5.74) is 9.47. The molecule has 0 bridgehead atoms. The lowest BCUT2D eigenvalue weighted by Gasteiger charge is -2.44.